The van der Waals surface area contributed by atoms with Crippen LogP contribution in [-0.4, -0.2) is 29.6 Å². The van der Waals surface area contributed by atoms with E-state index in [-0.39, 0.29) is 0 Å². The summed E-state index contributed by atoms with van der Waals surface area (Å²) >= 11 is 1.98. The van der Waals surface area contributed by atoms with Gasteiger partial charge in [0, 0.05) is 23.2 Å². The standard InChI is InChI=1S/C17H22N2OS/c1-20-15-7-3-5-12-9-10-13(19-17(12)15)11-18-14-6-4-8-16(14)21-2/h3,5,7,9-10,14,16,18H,4,6,8,11H2,1-2H3. The Morgan fingerprint density at radius 3 is 3.00 bits per heavy atom. The molecule has 1 N–H and O–H groups in total. The van der Waals surface area contributed by atoms with E-state index >= 15 is 0 Å². The first kappa shape index (κ1) is 14.7. The van der Waals surface area contributed by atoms with Gasteiger partial charge in [-0.1, -0.05) is 24.6 Å². The maximum absolute atomic E-state index is 5.41. The van der Waals surface area contributed by atoms with Crippen LogP contribution >= 0.6 is 11.8 Å². The SMILES string of the molecule is COc1cccc2ccc(CNC3CCCC3SC)nc12. The largest absolute Gasteiger partial charge is 0.494 e. The molecule has 3 rings (SSSR count). The number of para-hydroxylation sites is 1. The van der Waals surface area contributed by atoms with Gasteiger partial charge in [-0.3, -0.25) is 0 Å². The van der Waals surface area contributed by atoms with Crippen molar-refractivity contribution < 1.29 is 4.74 Å². The van der Waals surface area contributed by atoms with Gasteiger partial charge in [0.25, 0.3) is 0 Å². The molecule has 1 aliphatic rings. The molecule has 112 valence electrons. The fourth-order valence-corrected chi connectivity index (χ4v) is 4.06. The van der Waals surface area contributed by atoms with Crippen molar-refractivity contribution in [2.45, 2.75) is 37.1 Å². The van der Waals surface area contributed by atoms with Crippen LogP contribution in [0.4, 0.5) is 0 Å². The van der Waals surface area contributed by atoms with Crippen molar-refractivity contribution in [3.8, 4) is 5.75 Å². The second-order valence-electron chi connectivity index (χ2n) is 5.53. The Hall–Kier alpha value is -1.26. The fraction of sp³-hybridized carbons (Fsp3) is 0.471. The molecule has 0 saturated heterocycles. The van der Waals surface area contributed by atoms with Crippen LogP contribution in [0.2, 0.25) is 0 Å². The molecule has 1 aromatic heterocycles. The molecule has 1 fully saturated rings. The number of benzene rings is 1. The Labute approximate surface area is 130 Å². The van der Waals surface area contributed by atoms with Crippen LogP contribution in [0.3, 0.4) is 0 Å². The summed E-state index contributed by atoms with van der Waals surface area (Å²) in [7, 11) is 1.70. The van der Waals surface area contributed by atoms with Crippen molar-refractivity contribution in [2.75, 3.05) is 13.4 Å². The number of nitrogens with one attached hydrogen (secondary N) is 1. The van der Waals surface area contributed by atoms with E-state index in [4.69, 9.17) is 9.72 Å². The summed E-state index contributed by atoms with van der Waals surface area (Å²) in [6, 6.07) is 10.9. The molecule has 2 atom stereocenters. The average Bonchev–Trinajstić information content (AvgIpc) is 2.99. The summed E-state index contributed by atoms with van der Waals surface area (Å²) in [5.41, 5.74) is 2.03. The van der Waals surface area contributed by atoms with Gasteiger partial charge < -0.3 is 10.1 Å². The summed E-state index contributed by atoms with van der Waals surface area (Å²) < 4.78 is 5.41. The number of hydrogen-bond acceptors (Lipinski definition) is 4. The lowest BCUT2D eigenvalue weighted by Crippen LogP contribution is -2.33. The third kappa shape index (κ3) is 3.16. The molecule has 2 aromatic rings. The van der Waals surface area contributed by atoms with Gasteiger partial charge in [0.15, 0.2) is 0 Å². The van der Waals surface area contributed by atoms with E-state index in [2.05, 4.69) is 29.8 Å². The number of methoxy groups -OCH3 is 1. The first-order chi connectivity index (χ1) is 10.3. The predicted molar refractivity (Wildman–Crippen MR) is 90.1 cm³/mol. The Balaban J connectivity index is 1.75. The third-order valence-electron chi connectivity index (χ3n) is 4.26. The van der Waals surface area contributed by atoms with E-state index in [1.54, 1.807) is 7.11 Å². The second-order valence-corrected chi connectivity index (χ2v) is 6.60. The number of hydrogen-bond donors (Lipinski definition) is 1. The van der Waals surface area contributed by atoms with E-state index in [0.29, 0.717) is 6.04 Å². The van der Waals surface area contributed by atoms with Gasteiger partial charge in [-0.05, 0) is 31.2 Å². The minimum Gasteiger partial charge on any atom is -0.494 e. The number of ether oxygens (including phenoxy) is 1. The Kier molecular flexibility index (Phi) is 4.66. The zero-order valence-corrected chi connectivity index (χ0v) is 13.5. The van der Waals surface area contributed by atoms with Crippen LogP contribution in [0.25, 0.3) is 10.9 Å². The van der Waals surface area contributed by atoms with Crippen LogP contribution in [0.1, 0.15) is 25.0 Å². The first-order valence-electron chi connectivity index (χ1n) is 7.50. The predicted octanol–water partition coefficient (Wildman–Crippen LogP) is 3.62. The van der Waals surface area contributed by atoms with Gasteiger partial charge in [-0.2, -0.15) is 11.8 Å². The Bertz CT molecular complexity index is 617. The summed E-state index contributed by atoms with van der Waals surface area (Å²) in [6.45, 7) is 0.829. The number of pyridine rings is 1. The van der Waals surface area contributed by atoms with Crippen molar-refractivity contribution in [1.82, 2.24) is 10.3 Å². The number of aromatic nitrogens is 1. The minimum atomic E-state index is 0.621. The fourth-order valence-electron chi connectivity index (χ4n) is 3.10. The molecule has 0 amide bonds. The normalized spacial score (nSPS) is 21.8. The van der Waals surface area contributed by atoms with Gasteiger partial charge in [0.1, 0.15) is 11.3 Å². The first-order valence-corrected chi connectivity index (χ1v) is 8.79. The highest BCUT2D eigenvalue weighted by atomic mass is 32.2. The molecule has 3 nitrogen and oxygen atoms in total. The summed E-state index contributed by atoms with van der Waals surface area (Å²) in [5.74, 6) is 0.845. The molecule has 4 heteroatoms. The van der Waals surface area contributed by atoms with E-state index < -0.39 is 0 Å². The molecule has 1 aromatic carbocycles. The number of nitrogens with zero attached hydrogens (tertiary/aromatic N) is 1. The smallest absolute Gasteiger partial charge is 0.145 e. The average molecular weight is 302 g/mol. The van der Waals surface area contributed by atoms with Gasteiger partial charge in [0.2, 0.25) is 0 Å². The monoisotopic (exact) mass is 302 g/mol. The lowest BCUT2D eigenvalue weighted by atomic mass is 10.2. The summed E-state index contributed by atoms with van der Waals surface area (Å²) in [5, 5.41) is 5.55. The summed E-state index contributed by atoms with van der Waals surface area (Å²) in [6.07, 6.45) is 6.16. The topological polar surface area (TPSA) is 34.1 Å². The third-order valence-corrected chi connectivity index (χ3v) is 5.43. The molecule has 1 aliphatic carbocycles. The molecule has 0 spiro atoms. The molecule has 0 aliphatic heterocycles. The van der Waals surface area contributed by atoms with Crippen molar-refractivity contribution >= 4 is 22.7 Å². The highest BCUT2D eigenvalue weighted by Crippen LogP contribution is 2.29. The molecule has 1 heterocycles. The van der Waals surface area contributed by atoms with E-state index in [1.807, 2.05) is 23.9 Å². The maximum atomic E-state index is 5.41. The van der Waals surface area contributed by atoms with Crippen LogP contribution < -0.4 is 10.1 Å². The number of fused-ring (bicyclic) bond motifs is 1. The van der Waals surface area contributed by atoms with E-state index in [9.17, 15) is 0 Å². The molecular formula is C17H22N2OS. The van der Waals surface area contributed by atoms with E-state index in [0.717, 1.165) is 34.1 Å². The zero-order chi connectivity index (χ0) is 14.7. The van der Waals surface area contributed by atoms with Crippen LogP contribution in [0.5, 0.6) is 5.75 Å². The molecular weight excluding hydrogens is 280 g/mol. The molecule has 0 radical (unpaired) electrons. The van der Waals surface area contributed by atoms with Gasteiger partial charge >= 0.3 is 0 Å². The van der Waals surface area contributed by atoms with E-state index in [1.165, 1.54) is 19.3 Å². The minimum absolute atomic E-state index is 0.621. The van der Waals surface area contributed by atoms with Crippen LogP contribution in [-0.2, 0) is 6.54 Å². The lowest BCUT2D eigenvalue weighted by Gasteiger charge is -2.19. The van der Waals surface area contributed by atoms with Crippen LogP contribution in [0, 0.1) is 0 Å². The lowest BCUT2D eigenvalue weighted by molar-refractivity contribution is 0.418. The molecule has 21 heavy (non-hydrogen) atoms. The molecule has 2 unspecified atom stereocenters. The Morgan fingerprint density at radius 2 is 2.19 bits per heavy atom. The molecule has 0 bridgehead atoms. The quantitative estimate of drug-likeness (QED) is 0.915. The zero-order valence-electron chi connectivity index (χ0n) is 12.6. The molecule has 1 saturated carbocycles. The van der Waals surface area contributed by atoms with Gasteiger partial charge in [0.05, 0.1) is 12.8 Å². The second kappa shape index (κ2) is 6.67. The van der Waals surface area contributed by atoms with Crippen molar-refractivity contribution in [2.24, 2.45) is 0 Å². The number of rotatable bonds is 5. The van der Waals surface area contributed by atoms with Crippen molar-refractivity contribution in [1.29, 1.82) is 0 Å². The van der Waals surface area contributed by atoms with Gasteiger partial charge in [-0.25, -0.2) is 4.98 Å². The van der Waals surface area contributed by atoms with Crippen LogP contribution in [0.15, 0.2) is 30.3 Å². The Morgan fingerprint density at radius 1 is 1.29 bits per heavy atom. The van der Waals surface area contributed by atoms with Gasteiger partial charge in [-0.15, -0.1) is 0 Å². The highest BCUT2D eigenvalue weighted by Gasteiger charge is 2.25. The number of thioether (sulfide) groups is 1. The highest BCUT2D eigenvalue weighted by molar-refractivity contribution is 7.99. The summed E-state index contributed by atoms with van der Waals surface area (Å²) in [4.78, 5) is 4.76. The maximum Gasteiger partial charge on any atom is 0.145 e. The van der Waals surface area contributed by atoms with Crippen molar-refractivity contribution in [3.63, 3.8) is 0 Å². The van der Waals surface area contributed by atoms with Crippen molar-refractivity contribution in [3.05, 3.63) is 36.0 Å².